The van der Waals surface area contributed by atoms with Crippen molar-refractivity contribution in [3.8, 4) is 5.88 Å². The van der Waals surface area contributed by atoms with Crippen LogP contribution < -0.4 is 11.2 Å². The van der Waals surface area contributed by atoms with E-state index in [9.17, 15) is 29.1 Å². The predicted octanol–water partition coefficient (Wildman–Crippen LogP) is -0.468. The Labute approximate surface area is 292 Å². The van der Waals surface area contributed by atoms with Crippen LogP contribution in [0.1, 0.15) is 61.0 Å². The van der Waals surface area contributed by atoms with Crippen molar-refractivity contribution in [2.45, 2.75) is 128 Å². The SMILES string of the molecule is CC(=O)OC[C@H]1O[C@@H](OC[C@H]2O[C@@H]3OC(C)(C)O[C@@H]3[C@H]3OC(C)(C)O[C@H]32)[C@H](N=C(C)c2c(O)n(C)c(=O)n(C)c2=O)[C@@H](OC(C)=O)[C@@H]1OC(C)=O. The van der Waals surface area contributed by atoms with Gasteiger partial charge in [-0.25, -0.2) is 4.79 Å². The van der Waals surface area contributed by atoms with Gasteiger partial charge in [-0.1, -0.05) is 0 Å². The smallest absolute Gasteiger partial charge is 0.333 e. The summed E-state index contributed by atoms with van der Waals surface area (Å²) in [5.41, 5.74) is -2.09. The fraction of sp³-hybridized carbons (Fsp3) is 0.750. The molecule has 5 rings (SSSR count). The fourth-order valence-electron chi connectivity index (χ4n) is 6.62. The van der Waals surface area contributed by atoms with Gasteiger partial charge in [-0.05, 0) is 34.6 Å². The summed E-state index contributed by atoms with van der Waals surface area (Å²) in [5.74, 6) is -4.91. The molecule has 0 unspecified atom stereocenters. The first-order valence-corrected chi connectivity index (χ1v) is 16.3. The van der Waals surface area contributed by atoms with Crippen LogP contribution in [-0.2, 0) is 75.8 Å². The average Bonchev–Trinajstić information content (AvgIpc) is 3.52. The first kappa shape index (κ1) is 38.5. The lowest BCUT2D eigenvalue weighted by molar-refractivity contribution is -0.293. The second kappa shape index (κ2) is 14.4. The summed E-state index contributed by atoms with van der Waals surface area (Å²) < 4.78 is 61.3. The van der Waals surface area contributed by atoms with Crippen LogP contribution in [0.3, 0.4) is 0 Å². The Balaban J connectivity index is 1.56. The molecule has 0 spiro atoms. The van der Waals surface area contributed by atoms with Gasteiger partial charge in [0.1, 0.15) is 48.7 Å². The average molecular weight is 728 g/mol. The maximum atomic E-state index is 13.2. The van der Waals surface area contributed by atoms with Crippen LogP contribution in [0, 0.1) is 0 Å². The molecule has 4 aliphatic heterocycles. The van der Waals surface area contributed by atoms with Crippen molar-refractivity contribution < 1.29 is 66.9 Å². The number of aliphatic imine (C=N–C) groups is 1. The first-order valence-electron chi connectivity index (χ1n) is 16.3. The number of fused-ring (bicyclic) bond motifs is 3. The Kier molecular flexibility index (Phi) is 10.8. The van der Waals surface area contributed by atoms with Gasteiger partial charge < -0.3 is 52.5 Å². The monoisotopic (exact) mass is 727 g/mol. The summed E-state index contributed by atoms with van der Waals surface area (Å²) in [7, 11) is 2.49. The third-order valence-electron chi connectivity index (χ3n) is 8.68. The highest BCUT2D eigenvalue weighted by Gasteiger charge is 2.61. The second-order valence-electron chi connectivity index (χ2n) is 13.6. The Hall–Kier alpha value is -3.72. The van der Waals surface area contributed by atoms with Gasteiger partial charge in [-0.2, -0.15) is 0 Å². The van der Waals surface area contributed by atoms with Gasteiger partial charge in [-0.3, -0.25) is 33.3 Å². The van der Waals surface area contributed by atoms with E-state index in [-0.39, 0.29) is 17.9 Å². The summed E-state index contributed by atoms with van der Waals surface area (Å²) in [6, 6.07) is -1.39. The molecule has 19 heteroatoms. The van der Waals surface area contributed by atoms with Crippen LogP contribution in [0.2, 0.25) is 0 Å². The molecule has 4 aliphatic rings. The molecule has 5 heterocycles. The van der Waals surface area contributed by atoms with Crippen molar-refractivity contribution >= 4 is 23.6 Å². The standard InChI is InChI=1S/C32H45N3O16/c1-13(19-26(39)34(9)30(41)35(10)27(19)40)33-20-23(45-16(4)38)21(44-15(3)37)17(11-42-14(2)36)46-28(20)43-12-18-22-24(49-31(5,6)48-22)25-29(47-18)51-32(7,8)50-25/h17-18,20-25,28-29,39H,11-12H2,1-10H3/t17-,18-,20-,21-,22+,23-,24+,25-,28-,29-/m1/s1. The number of carbonyl (C=O) groups is 3. The van der Waals surface area contributed by atoms with Gasteiger partial charge in [0.15, 0.2) is 36.4 Å². The summed E-state index contributed by atoms with van der Waals surface area (Å²) in [5, 5.41) is 10.8. The zero-order valence-electron chi connectivity index (χ0n) is 30.1. The van der Waals surface area contributed by atoms with Crippen LogP contribution in [0.4, 0.5) is 0 Å². The molecule has 1 aromatic rings. The normalized spacial score (nSPS) is 34.0. The summed E-state index contributed by atoms with van der Waals surface area (Å²) in [6.07, 6.45) is -9.14. The molecule has 19 nitrogen and oxygen atoms in total. The van der Waals surface area contributed by atoms with Crippen LogP contribution >= 0.6 is 0 Å². The Morgan fingerprint density at radius 3 is 1.98 bits per heavy atom. The van der Waals surface area contributed by atoms with E-state index in [1.165, 1.54) is 27.9 Å². The molecule has 10 atom stereocenters. The van der Waals surface area contributed by atoms with E-state index < -0.39 is 115 Å². The van der Waals surface area contributed by atoms with Crippen LogP contribution in [0.5, 0.6) is 5.88 Å². The molecule has 1 aromatic heterocycles. The minimum Gasteiger partial charge on any atom is -0.494 e. The highest BCUT2D eigenvalue weighted by molar-refractivity contribution is 6.00. The molecule has 0 radical (unpaired) electrons. The highest BCUT2D eigenvalue weighted by atomic mass is 16.9. The van der Waals surface area contributed by atoms with Gasteiger partial charge in [-0.15, -0.1) is 0 Å². The van der Waals surface area contributed by atoms with Crippen molar-refractivity contribution in [1.29, 1.82) is 0 Å². The maximum Gasteiger partial charge on any atom is 0.333 e. The fourth-order valence-corrected chi connectivity index (χ4v) is 6.62. The number of hydrogen-bond donors (Lipinski definition) is 1. The predicted molar refractivity (Wildman–Crippen MR) is 169 cm³/mol. The van der Waals surface area contributed by atoms with Crippen molar-refractivity contribution in [3.63, 3.8) is 0 Å². The zero-order chi connectivity index (χ0) is 37.7. The Bertz CT molecular complexity index is 1680. The number of nitrogens with zero attached hydrogens (tertiary/aromatic N) is 3. The first-order chi connectivity index (χ1) is 23.7. The van der Waals surface area contributed by atoms with E-state index in [4.69, 9.17) is 47.4 Å². The van der Waals surface area contributed by atoms with E-state index in [2.05, 4.69) is 4.99 Å². The van der Waals surface area contributed by atoms with E-state index in [1.807, 2.05) is 0 Å². The van der Waals surface area contributed by atoms with Crippen LogP contribution in [-0.4, -0.2) is 124 Å². The van der Waals surface area contributed by atoms with Crippen molar-refractivity contribution in [2.75, 3.05) is 13.2 Å². The minimum absolute atomic E-state index is 0.104. The van der Waals surface area contributed by atoms with Crippen molar-refractivity contribution in [2.24, 2.45) is 19.1 Å². The van der Waals surface area contributed by atoms with Gasteiger partial charge in [0.25, 0.3) is 5.56 Å². The molecule has 0 bridgehead atoms. The van der Waals surface area contributed by atoms with Crippen molar-refractivity contribution in [3.05, 3.63) is 26.4 Å². The third-order valence-corrected chi connectivity index (χ3v) is 8.68. The molecule has 0 aromatic carbocycles. The highest BCUT2D eigenvalue weighted by Crippen LogP contribution is 2.44. The quantitative estimate of drug-likeness (QED) is 0.193. The van der Waals surface area contributed by atoms with E-state index in [1.54, 1.807) is 27.7 Å². The number of aromatic hydroxyl groups is 1. The molecule has 4 saturated heterocycles. The maximum absolute atomic E-state index is 13.2. The van der Waals surface area contributed by atoms with Gasteiger partial charge in [0, 0.05) is 34.9 Å². The van der Waals surface area contributed by atoms with Gasteiger partial charge in [0.2, 0.25) is 5.88 Å². The molecule has 284 valence electrons. The largest absolute Gasteiger partial charge is 0.494 e. The summed E-state index contributed by atoms with van der Waals surface area (Å²) in [4.78, 5) is 66.9. The number of carbonyl (C=O) groups excluding carboxylic acids is 3. The number of hydrogen-bond acceptors (Lipinski definition) is 17. The number of aromatic nitrogens is 2. The molecule has 0 saturated carbocycles. The minimum atomic E-state index is -1.46. The second-order valence-corrected chi connectivity index (χ2v) is 13.6. The van der Waals surface area contributed by atoms with E-state index >= 15 is 0 Å². The lowest BCUT2D eigenvalue weighted by Gasteiger charge is -2.44. The summed E-state index contributed by atoms with van der Waals surface area (Å²) in [6.45, 7) is 11.1. The van der Waals surface area contributed by atoms with Crippen LogP contribution in [0.25, 0.3) is 0 Å². The molecule has 0 amide bonds. The summed E-state index contributed by atoms with van der Waals surface area (Å²) >= 11 is 0. The van der Waals surface area contributed by atoms with Crippen molar-refractivity contribution in [1.82, 2.24) is 9.13 Å². The number of rotatable bonds is 9. The van der Waals surface area contributed by atoms with Crippen LogP contribution in [0.15, 0.2) is 14.6 Å². The molecular weight excluding hydrogens is 682 g/mol. The van der Waals surface area contributed by atoms with Gasteiger partial charge in [0.05, 0.1) is 12.3 Å². The zero-order valence-corrected chi connectivity index (χ0v) is 30.1. The molecule has 4 fully saturated rings. The van der Waals surface area contributed by atoms with E-state index in [0.29, 0.717) is 0 Å². The molecule has 51 heavy (non-hydrogen) atoms. The lowest BCUT2D eigenvalue weighted by atomic mass is 9.96. The molecule has 0 aliphatic carbocycles. The Morgan fingerprint density at radius 1 is 0.765 bits per heavy atom. The van der Waals surface area contributed by atoms with Gasteiger partial charge >= 0.3 is 23.6 Å². The number of esters is 3. The van der Waals surface area contributed by atoms with E-state index in [0.717, 1.165) is 23.0 Å². The third kappa shape index (κ3) is 8.03. The Morgan fingerprint density at radius 2 is 1.35 bits per heavy atom. The lowest BCUT2D eigenvalue weighted by Crippen LogP contribution is -2.62. The number of ether oxygens (including phenoxy) is 10. The molecule has 1 N–H and O–H groups in total. The molecular formula is C32H45N3O16. The topological polar surface area (TPSA) is 220 Å².